The number of hydrogen-bond donors (Lipinski definition) is 3. The van der Waals surface area contributed by atoms with Crippen LogP contribution in [-0.2, 0) is 6.61 Å². The van der Waals surface area contributed by atoms with Crippen LogP contribution in [0.1, 0.15) is 24.2 Å². The van der Waals surface area contributed by atoms with Crippen molar-refractivity contribution in [2.24, 2.45) is 5.92 Å². The molecule has 22 heavy (non-hydrogen) atoms. The van der Waals surface area contributed by atoms with Gasteiger partial charge in [0.2, 0.25) is 0 Å². The predicted octanol–water partition coefficient (Wildman–Crippen LogP) is 1.79. The third kappa shape index (κ3) is 4.51. The highest BCUT2D eigenvalue weighted by Gasteiger charge is 2.24. The van der Waals surface area contributed by atoms with Crippen molar-refractivity contribution < 1.29 is 15.3 Å². The molecule has 0 aliphatic heterocycles. The van der Waals surface area contributed by atoms with Crippen molar-refractivity contribution in [3.05, 3.63) is 53.9 Å². The van der Waals surface area contributed by atoms with Gasteiger partial charge in [-0.1, -0.05) is 43.0 Å². The van der Waals surface area contributed by atoms with Gasteiger partial charge in [0.1, 0.15) is 0 Å². The van der Waals surface area contributed by atoms with Crippen LogP contribution in [0.3, 0.4) is 0 Å². The van der Waals surface area contributed by atoms with E-state index in [1.807, 2.05) is 6.92 Å². The smallest absolute Gasteiger partial charge is 0.187 e. The van der Waals surface area contributed by atoms with Gasteiger partial charge in [0, 0.05) is 24.1 Å². The summed E-state index contributed by atoms with van der Waals surface area (Å²) in [5, 5.41) is 30.2. The van der Waals surface area contributed by atoms with Gasteiger partial charge in [0.05, 0.1) is 18.8 Å². The Kier molecular flexibility index (Phi) is 6.33. The molecule has 0 aliphatic carbocycles. The van der Waals surface area contributed by atoms with Crippen LogP contribution >= 0.6 is 11.8 Å². The van der Waals surface area contributed by atoms with E-state index < -0.39 is 12.2 Å². The van der Waals surface area contributed by atoms with Crippen molar-refractivity contribution in [2.75, 3.05) is 5.75 Å². The van der Waals surface area contributed by atoms with Crippen LogP contribution in [0.5, 0.6) is 0 Å². The Balaban J connectivity index is 1.92. The summed E-state index contributed by atoms with van der Waals surface area (Å²) in [6.45, 7) is 1.78. The molecular formula is C16H20N2O3S. The van der Waals surface area contributed by atoms with E-state index in [9.17, 15) is 10.2 Å². The molecule has 3 N–H and O–H groups in total. The molecule has 1 aromatic carbocycles. The molecule has 0 fully saturated rings. The number of rotatable bonds is 7. The first kappa shape index (κ1) is 16.9. The third-order valence-electron chi connectivity index (χ3n) is 3.53. The maximum atomic E-state index is 10.4. The molecule has 2 rings (SSSR count). The van der Waals surface area contributed by atoms with Gasteiger partial charge in [-0.2, -0.15) is 0 Å². The second-order valence-electron chi connectivity index (χ2n) is 5.11. The molecule has 0 unspecified atom stereocenters. The maximum absolute atomic E-state index is 10.4. The van der Waals surface area contributed by atoms with Gasteiger partial charge in [-0.15, -0.1) is 0 Å². The van der Waals surface area contributed by atoms with Crippen LogP contribution in [0.2, 0.25) is 0 Å². The van der Waals surface area contributed by atoms with Crippen LogP contribution < -0.4 is 0 Å². The molecule has 6 heteroatoms. The minimum atomic E-state index is -0.764. The van der Waals surface area contributed by atoms with Crippen molar-refractivity contribution in [1.82, 2.24) is 9.97 Å². The summed E-state index contributed by atoms with van der Waals surface area (Å²) in [6, 6.07) is 8.82. The second kappa shape index (κ2) is 8.24. The molecule has 0 bridgehead atoms. The van der Waals surface area contributed by atoms with Crippen molar-refractivity contribution in [3.63, 3.8) is 0 Å². The largest absolute Gasteiger partial charge is 0.392 e. The summed E-state index contributed by atoms with van der Waals surface area (Å²) in [4.78, 5) is 8.17. The van der Waals surface area contributed by atoms with Crippen molar-refractivity contribution in [2.45, 2.75) is 30.9 Å². The Morgan fingerprint density at radius 3 is 2.32 bits per heavy atom. The molecule has 0 saturated carbocycles. The Morgan fingerprint density at radius 1 is 1.09 bits per heavy atom. The van der Waals surface area contributed by atoms with Gasteiger partial charge in [-0.05, 0) is 17.2 Å². The zero-order valence-corrected chi connectivity index (χ0v) is 13.1. The van der Waals surface area contributed by atoms with E-state index in [2.05, 4.69) is 9.97 Å². The zero-order valence-electron chi connectivity index (χ0n) is 12.3. The summed E-state index contributed by atoms with van der Waals surface area (Å²) in [5.74, 6) is 0.0907. The average molecular weight is 320 g/mol. The van der Waals surface area contributed by atoms with E-state index in [0.29, 0.717) is 10.9 Å². The number of benzene rings is 1. The molecule has 0 radical (unpaired) electrons. The third-order valence-corrected chi connectivity index (χ3v) is 4.51. The van der Waals surface area contributed by atoms with E-state index >= 15 is 0 Å². The molecule has 5 nitrogen and oxygen atoms in total. The normalized spacial score (nSPS) is 15.3. The van der Waals surface area contributed by atoms with Gasteiger partial charge >= 0.3 is 0 Å². The van der Waals surface area contributed by atoms with Crippen LogP contribution in [0.15, 0.2) is 47.9 Å². The van der Waals surface area contributed by atoms with E-state index in [1.165, 1.54) is 11.8 Å². The second-order valence-corrected chi connectivity index (χ2v) is 6.10. The van der Waals surface area contributed by atoms with Crippen LogP contribution in [0, 0.1) is 5.92 Å². The predicted molar refractivity (Wildman–Crippen MR) is 85.3 cm³/mol. The molecule has 0 spiro atoms. The highest BCUT2D eigenvalue weighted by Crippen LogP contribution is 2.27. The lowest BCUT2D eigenvalue weighted by Gasteiger charge is -2.24. The Morgan fingerprint density at radius 2 is 1.73 bits per heavy atom. The fourth-order valence-electron chi connectivity index (χ4n) is 2.01. The lowest BCUT2D eigenvalue weighted by molar-refractivity contribution is 0.0330. The lowest BCUT2D eigenvalue weighted by Crippen LogP contribution is -2.26. The SMILES string of the molecule is C[C@@H]([C@H](O)c1ccc(CO)cc1)[C@@H](O)CSc1ncccn1. The van der Waals surface area contributed by atoms with E-state index in [-0.39, 0.29) is 12.5 Å². The molecule has 118 valence electrons. The number of thioether (sulfide) groups is 1. The number of hydrogen-bond acceptors (Lipinski definition) is 6. The summed E-state index contributed by atoms with van der Waals surface area (Å²) in [7, 11) is 0. The zero-order chi connectivity index (χ0) is 15.9. The molecule has 1 aromatic heterocycles. The number of aromatic nitrogens is 2. The van der Waals surface area contributed by atoms with Crippen molar-refractivity contribution >= 4 is 11.8 Å². The molecular weight excluding hydrogens is 300 g/mol. The van der Waals surface area contributed by atoms with Crippen LogP contribution in [0.25, 0.3) is 0 Å². The van der Waals surface area contributed by atoms with Crippen LogP contribution in [0.4, 0.5) is 0 Å². The summed E-state index contributed by atoms with van der Waals surface area (Å²) in [5.41, 5.74) is 1.52. The summed E-state index contributed by atoms with van der Waals surface area (Å²) >= 11 is 1.36. The van der Waals surface area contributed by atoms with Gasteiger partial charge < -0.3 is 15.3 Å². The van der Waals surface area contributed by atoms with Crippen molar-refractivity contribution in [3.8, 4) is 0 Å². The van der Waals surface area contributed by atoms with E-state index in [4.69, 9.17) is 5.11 Å². The first-order chi connectivity index (χ1) is 10.6. The van der Waals surface area contributed by atoms with Crippen LogP contribution in [-0.4, -0.2) is 37.1 Å². The van der Waals surface area contributed by atoms with Gasteiger partial charge in [0.25, 0.3) is 0 Å². The molecule has 0 amide bonds. The highest BCUT2D eigenvalue weighted by atomic mass is 32.2. The Labute approximate surface area is 134 Å². The quantitative estimate of drug-likeness (QED) is 0.533. The average Bonchev–Trinajstić information content (AvgIpc) is 2.59. The molecule has 2 aromatic rings. The number of nitrogens with zero attached hydrogens (tertiary/aromatic N) is 2. The fourth-order valence-corrected chi connectivity index (χ4v) is 2.90. The summed E-state index contributed by atoms with van der Waals surface area (Å²) in [6.07, 6.45) is 1.87. The molecule has 1 heterocycles. The van der Waals surface area contributed by atoms with Gasteiger partial charge in [-0.3, -0.25) is 0 Å². The summed E-state index contributed by atoms with van der Waals surface area (Å²) < 4.78 is 0. The highest BCUT2D eigenvalue weighted by molar-refractivity contribution is 7.99. The monoisotopic (exact) mass is 320 g/mol. The first-order valence-electron chi connectivity index (χ1n) is 7.07. The Bertz CT molecular complexity index is 565. The minimum Gasteiger partial charge on any atom is -0.392 e. The minimum absolute atomic E-state index is 0.0255. The standard InChI is InChI=1S/C16H20N2O3S/c1-11(14(20)10-22-16-17-7-2-8-18-16)15(21)13-5-3-12(9-19)4-6-13/h2-8,11,14-15,19-21H,9-10H2,1H3/t11-,14+,15+/m1/s1. The van der Waals surface area contributed by atoms with Gasteiger partial charge in [0.15, 0.2) is 5.16 Å². The topological polar surface area (TPSA) is 86.5 Å². The maximum Gasteiger partial charge on any atom is 0.187 e. The molecule has 3 atom stereocenters. The number of aliphatic hydroxyl groups excluding tert-OH is 3. The molecule has 0 saturated heterocycles. The van der Waals surface area contributed by atoms with Crippen molar-refractivity contribution in [1.29, 1.82) is 0 Å². The van der Waals surface area contributed by atoms with Gasteiger partial charge in [-0.25, -0.2) is 9.97 Å². The Hall–Kier alpha value is -1.47. The number of aliphatic hydroxyl groups is 3. The van der Waals surface area contributed by atoms with E-state index in [0.717, 1.165) is 11.1 Å². The lowest BCUT2D eigenvalue weighted by atomic mass is 9.93. The fraction of sp³-hybridized carbons (Fsp3) is 0.375. The first-order valence-corrected chi connectivity index (χ1v) is 8.06. The van der Waals surface area contributed by atoms with E-state index in [1.54, 1.807) is 42.7 Å². The molecule has 0 aliphatic rings.